The molecule has 0 aliphatic heterocycles. The summed E-state index contributed by atoms with van der Waals surface area (Å²) in [5.41, 5.74) is 2.09. The summed E-state index contributed by atoms with van der Waals surface area (Å²) in [6.07, 6.45) is 3.43. The Bertz CT molecular complexity index is 1110. The Balaban J connectivity index is 1.79. The Morgan fingerprint density at radius 2 is 1.93 bits per heavy atom. The van der Waals surface area contributed by atoms with Crippen molar-refractivity contribution >= 4 is 55.8 Å². The highest BCUT2D eigenvalue weighted by Gasteiger charge is 2.22. The van der Waals surface area contributed by atoms with Crippen LogP contribution >= 0.6 is 34.5 Å². The molecule has 2 aromatic heterocycles. The predicted octanol–water partition coefficient (Wildman–Crippen LogP) is 5.85. The number of pyridine rings is 1. The third kappa shape index (κ3) is 3.81. The summed E-state index contributed by atoms with van der Waals surface area (Å²) in [7, 11) is 0. The van der Waals surface area contributed by atoms with E-state index in [2.05, 4.69) is 9.97 Å². The van der Waals surface area contributed by atoms with Crippen molar-refractivity contribution in [3.63, 3.8) is 0 Å². The fourth-order valence-corrected chi connectivity index (χ4v) is 4.15. The predicted molar refractivity (Wildman–Crippen MR) is 111 cm³/mol. The molecule has 0 aliphatic rings. The molecule has 4 rings (SSSR count). The monoisotopic (exact) mass is 413 g/mol. The zero-order chi connectivity index (χ0) is 18.8. The van der Waals surface area contributed by atoms with Gasteiger partial charge >= 0.3 is 0 Å². The van der Waals surface area contributed by atoms with Crippen LogP contribution in [0.1, 0.15) is 15.9 Å². The van der Waals surface area contributed by atoms with Crippen molar-refractivity contribution in [2.45, 2.75) is 6.54 Å². The number of benzene rings is 2. The van der Waals surface area contributed by atoms with Crippen LogP contribution in [0.15, 0.2) is 67.0 Å². The SMILES string of the molecule is O=C(c1cccc(Cl)c1)N(Cc1cccnc1)c1nc2c(Cl)cccc2s1. The third-order valence-electron chi connectivity index (χ3n) is 3.97. The maximum atomic E-state index is 13.2. The summed E-state index contributed by atoms with van der Waals surface area (Å²) in [6.45, 7) is 0.344. The summed E-state index contributed by atoms with van der Waals surface area (Å²) >= 11 is 13.8. The number of rotatable bonds is 4. The average Bonchev–Trinajstić information content (AvgIpc) is 3.12. The lowest BCUT2D eigenvalue weighted by molar-refractivity contribution is 0.0985. The van der Waals surface area contributed by atoms with Crippen LogP contribution in [-0.2, 0) is 6.54 Å². The molecule has 4 nitrogen and oxygen atoms in total. The molecule has 0 N–H and O–H groups in total. The minimum absolute atomic E-state index is 0.184. The number of fused-ring (bicyclic) bond motifs is 1. The number of carbonyl (C=O) groups excluding carboxylic acids is 1. The van der Waals surface area contributed by atoms with Gasteiger partial charge in [-0.05, 0) is 42.0 Å². The number of thiazole rings is 1. The second-order valence-corrected chi connectivity index (χ2v) is 7.70. The van der Waals surface area contributed by atoms with Crippen LogP contribution in [0.2, 0.25) is 10.0 Å². The minimum Gasteiger partial charge on any atom is -0.279 e. The summed E-state index contributed by atoms with van der Waals surface area (Å²) < 4.78 is 0.924. The molecule has 2 aromatic carbocycles. The highest BCUT2D eigenvalue weighted by Crippen LogP contribution is 2.34. The van der Waals surface area contributed by atoms with Gasteiger partial charge in [0.1, 0.15) is 5.52 Å². The number of hydrogen-bond acceptors (Lipinski definition) is 4. The van der Waals surface area contributed by atoms with Crippen LogP contribution in [0.25, 0.3) is 10.2 Å². The molecule has 2 heterocycles. The van der Waals surface area contributed by atoms with Crippen molar-refractivity contribution in [1.82, 2.24) is 9.97 Å². The second-order valence-electron chi connectivity index (χ2n) is 5.85. The van der Waals surface area contributed by atoms with Crippen LogP contribution in [0.3, 0.4) is 0 Å². The molecule has 0 spiro atoms. The van der Waals surface area contributed by atoms with E-state index >= 15 is 0 Å². The largest absolute Gasteiger partial charge is 0.279 e. The molecule has 0 aliphatic carbocycles. The lowest BCUT2D eigenvalue weighted by Crippen LogP contribution is -2.30. The van der Waals surface area contributed by atoms with E-state index in [0.717, 1.165) is 10.3 Å². The standard InChI is InChI=1S/C20H13Cl2N3OS/c21-15-6-1-5-14(10-15)19(26)25(12-13-4-3-9-23-11-13)20-24-18-16(22)7-2-8-17(18)27-20/h1-11H,12H2. The molecule has 7 heteroatoms. The number of anilines is 1. The molecule has 1 amide bonds. The molecule has 0 unspecified atom stereocenters. The fourth-order valence-electron chi connectivity index (χ4n) is 2.70. The van der Waals surface area contributed by atoms with E-state index in [4.69, 9.17) is 23.2 Å². The van der Waals surface area contributed by atoms with Crippen LogP contribution in [0.4, 0.5) is 5.13 Å². The number of carbonyl (C=O) groups is 1. The molecule has 0 saturated heterocycles. The van der Waals surface area contributed by atoms with Crippen molar-refractivity contribution in [3.05, 3.63) is 88.2 Å². The first-order valence-electron chi connectivity index (χ1n) is 8.13. The van der Waals surface area contributed by atoms with Crippen molar-refractivity contribution in [1.29, 1.82) is 0 Å². The van der Waals surface area contributed by atoms with Gasteiger partial charge in [-0.25, -0.2) is 4.98 Å². The Labute approximate surface area is 170 Å². The van der Waals surface area contributed by atoms with Gasteiger partial charge in [0.25, 0.3) is 5.91 Å². The van der Waals surface area contributed by atoms with Gasteiger partial charge in [0.05, 0.1) is 16.3 Å². The molecule has 0 saturated carbocycles. The summed E-state index contributed by atoms with van der Waals surface area (Å²) in [4.78, 5) is 23.6. The third-order valence-corrected chi connectivity index (χ3v) is 5.55. The van der Waals surface area contributed by atoms with E-state index in [-0.39, 0.29) is 5.91 Å². The van der Waals surface area contributed by atoms with E-state index in [1.165, 1.54) is 11.3 Å². The number of nitrogens with zero attached hydrogens (tertiary/aromatic N) is 3. The Morgan fingerprint density at radius 1 is 1.07 bits per heavy atom. The Kier molecular flexibility index (Phi) is 5.07. The van der Waals surface area contributed by atoms with Crippen molar-refractivity contribution in [3.8, 4) is 0 Å². The molecular weight excluding hydrogens is 401 g/mol. The van der Waals surface area contributed by atoms with Crippen LogP contribution in [0.5, 0.6) is 0 Å². The molecule has 0 radical (unpaired) electrons. The summed E-state index contributed by atoms with van der Waals surface area (Å²) in [5, 5.41) is 1.65. The lowest BCUT2D eigenvalue weighted by atomic mass is 10.2. The van der Waals surface area contributed by atoms with Gasteiger partial charge in [-0.2, -0.15) is 0 Å². The van der Waals surface area contributed by atoms with Gasteiger partial charge < -0.3 is 0 Å². The molecule has 4 aromatic rings. The first-order chi connectivity index (χ1) is 13.1. The number of halogens is 2. The van der Waals surface area contributed by atoms with Gasteiger partial charge in [-0.1, -0.05) is 52.7 Å². The highest BCUT2D eigenvalue weighted by atomic mass is 35.5. The van der Waals surface area contributed by atoms with Gasteiger partial charge in [0.2, 0.25) is 0 Å². The number of para-hydroxylation sites is 1. The van der Waals surface area contributed by atoms with Crippen molar-refractivity contribution in [2.24, 2.45) is 0 Å². The molecular formula is C20H13Cl2N3OS. The zero-order valence-corrected chi connectivity index (χ0v) is 16.3. The van der Waals surface area contributed by atoms with Crippen LogP contribution in [-0.4, -0.2) is 15.9 Å². The van der Waals surface area contributed by atoms with E-state index in [0.29, 0.717) is 32.8 Å². The van der Waals surface area contributed by atoms with Gasteiger partial charge in [-0.3, -0.25) is 14.7 Å². The van der Waals surface area contributed by atoms with E-state index in [1.807, 2.05) is 24.3 Å². The van der Waals surface area contributed by atoms with Crippen LogP contribution in [0, 0.1) is 0 Å². The van der Waals surface area contributed by atoms with E-state index < -0.39 is 0 Å². The highest BCUT2D eigenvalue weighted by molar-refractivity contribution is 7.22. The van der Waals surface area contributed by atoms with E-state index in [9.17, 15) is 4.79 Å². The topological polar surface area (TPSA) is 46.1 Å². The Hall–Kier alpha value is -2.47. The molecule has 27 heavy (non-hydrogen) atoms. The quantitative estimate of drug-likeness (QED) is 0.421. The van der Waals surface area contributed by atoms with Gasteiger partial charge in [0, 0.05) is 23.0 Å². The average molecular weight is 414 g/mol. The van der Waals surface area contributed by atoms with Gasteiger partial charge in [-0.15, -0.1) is 0 Å². The van der Waals surface area contributed by atoms with E-state index in [1.54, 1.807) is 47.6 Å². The first kappa shape index (κ1) is 17.9. The van der Waals surface area contributed by atoms with Crippen molar-refractivity contribution in [2.75, 3.05) is 4.90 Å². The molecule has 0 bridgehead atoms. The first-order valence-corrected chi connectivity index (χ1v) is 9.70. The second kappa shape index (κ2) is 7.64. The minimum atomic E-state index is -0.184. The lowest BCUT2D eigenvalue weighted by Gasteiger charge is -2.20. The fraction of sp³-hybridized carbons (Fsp3) is 0.0500. The maximum Gasteiger partial charge on any atom is 0.260 e. The maximum absolute atomic E-state index is 13.2. The Morgan fingerprint density at radius 3 is 2.67 bits per heavy atom. The van der Waals surface area contributed by atoms with Crippen LogP contribution < -0.4 is 4.90 Å². The molecule has 0 fully saturated rings. The summed E-state index contributed by atoms with van der Waals surface area (Å²) in [5.74, 6) is -0.184. The smallest absolute Gasteiger partial charge is 0.260 e. The normalized spacial score (nSPS) is 10.9. The zero-order valence-electron chi connectivity index (χ0n) is 14.0. The van der Waals surface area contributed by atoms with Gasteiger partial charge in [0.15, 0.2) is 5.13 Å². The number of amides is 1. The number of hydrogen-bond donors (Lipinski definition) is 0. The molecule has 0 atom stereocenters. The number of aromatic nitrogens is 2. The van der Waals surface area contributed by atoms with Crippen molar-refractivity contribution < 1.29 is 4.79 Å². The molecule has 134 valence electrons. The summed E-state index contributed by atoms with van der Waals surface area (Å²) in [6, 6.07) is 16.3.